The minimum absolute atomic E-state index is 0.0518. The van der Waals surface area contributed by atoms with Crippen molar-refractivity contribution < 1.29 is 14.3 Å². The normalized spacial score (nSPS) is 24.2. The number of hydrogen-bond acceptors (Lipinski definition) is 4. The molecule has 2 saturated heterocycles. The quantitative estimate of drug-likeness (QED) is 0.898. The summed E-state index contributed by atoms with van der Waals surface area (Å²) < 4.78 is 7.61. The third kappa shape index (κ3) is 3.31. The molecule has 7 heteroatoms. The number of carbonyl (C=O) groups is 2. The first-order valence-electron chi connectivity index (χ1n) is 9.24. The molecule has 0 aliphatic carbocycles. The number of likely N-dealkylation sites (tertiary alicyclic amines) is 1. The first kappa shape index (κ1) is 17.0. The molecule has 4 heterocycles. The summed E-state index contributed by atoms with van der Waals surface area (Å²) in [7, 11) is 0. The molecule has 2 aliphatic rings. The van der Waals surface area contributed by atoms with Crippen molar-refractivity contribution in [3.05, 3.63) is 36.4 Å². The van der Waals surface area contributed by atoms with Gasteiger partial charge in [-0.3, -0.25) is 9.59 Å². The van der Waals surface area contributed by atoms with Crippen LogP contribution in [0.4, 0.5) is 0 Å². The maximum atomic E-state index is 12.8. The second-order valence-corrected chi connectivity index (χ2v) is 7.32. The van der Waals surface area contributed by atoms with Crippen LogP contribution < -0.4 is 5.73 Å². The van der Waals surface area contributed by atoms with E-state index in [1.54, 1.807) is 12.5 Å². The lowest BCUT2D eigenvalue weighted by Gasteiger charge is -2.33. The maximum absolute atomic E-state index is 12.8. The molecule has 0 unspecified atom stereocenters. The number of hydrogen-bond donors (Lipinski definition) is 1. The molecule has 2 aliphatic heterocycles. The molecule has 2 amide bonds. The van der Waals surface area contributed by atoms with Gasteiger partial charge >= 0.3 is 0 Å². The average Bonchev–Trinajstić information content (AvgIpc) is 3.30. The molecular formula is C19H24N4O3. The van der Waals surface area contributed by atoms with Gasteiger partial charge in [0, 0.05) is 31.5 Å². The van der Waals surface area contributed by atoms with Crippen molar-refractivity contribution in [1.82, 2.24) is 14.3 Å². The lowest BCUT2D eigenvalue weighted by molar-refractivity contribution is -0.123. The summed E-state index contributed by atoms with van der Waals surface area (Å²) in [5.41, 5.74) is 7.09. The number of imidazole rings is 1. The summed E-state index contributed by atoms with van der Waals surface area (Å²) in [5, 5.41) is 0. The molecular weight excluding hydrogens is 332 g/mol. The van der Waals surface area contributed by atoms with E-state index >= 15 is 0 Å². The standard InChI is InChI=1S/C19H24N4O3/c20-18(24)16-4-8-26-17(16)9-13-1-5-22(6-2-13)19(25)14-3-7-23-12-21-11-15(23)10-14/h3,7,10-13,16-17H,1-2,4-6,8-9H2,(H2,20,24)/t16-,17-/m1/s1. The summed E-state index contributed by atoms with van der Waals surface area (Å²) in [6.45, 7) is 2.09. The van der Waals surface area contributed by atoms with E-state index < -0.39 is 0 Å². The fraction of sp³-hybridized carbons (Fsp3) is 0.526. The summed E-state index contributed by atoms with van der Waals surface area (Å²) in [6, 6.07) is 3.72. The van der Waals surface area contributed by atoms with E-state index in [4.69, 9.17) is 10.5 Å². The molecule has 4 rings (SSSR count). The fourth-order valence-electron chi connectivity index (χ4n) is 4.14. The zero-order valence-electron chi connectivity index (χ0n) is 14.7. The molecule has 2 atom stereocenters. The number of ether oxygens (including phenoxy) is 1. The van der Waals surface area contributed by atoms with E-state index in [2.05, 4.69) is 4.98 Å². The Hall–Kier alpha value is -2.41. The molecule has 0 aromatic carbocycles. The molecule has 2 fully saturated rings. The van der Waals surface area contributed by atoms with Crippen LogP contribution >= 0.6 is 0 Å². The molecule has 0 spiro atoms. The van der Waals surface area contributed by atoms with E-state index in [-0.39, 0.29) is 23.8 Å². The molecule has 7 nitrogen and oxygen atoms in total. The minimum atomic E-state index is -0.254. The average molecular weight is 356 g/mol. The Morgan fingerprint density at radius 3 is 2.85 bits per heavy atom. The molecule has 2 N–H and O–H groups in total. The largest absolute Gasteiger partial charge is 0.377 e. The van der Waals surface area contributed by atoms with Gasteiger partial charge in [0.2, 0.25) is 5.91 Å². The number of nitrogens with two attached hydrogens (primary N) is 1. The van der Waals surface area contributed by atoms with Gasteiger partial charge in [0.05, 0.1) is 30.1 Å². The summed E-state index contributed by atoms with van der Waals surface area (Å²) >= 11 is 0. The van der Waals surface area contributed by atoms with Crippen molar-refractivity contribution >= 4 is 17.3 Å². The number of primary amides is 1. The first-order chi connectivity index (χ1) is 12.6. The molecule has 2 aromatic heterocycles. The number of rotatable bonds is 4. The first-order valence-corrected chi connectivity index (χ1v) is 9.24. The Balaban J connectivity index is 1.34. The van der Waals surface area contributed by atoms with Gasteiger partial charge in [0.15, 0.2) is 0 Å². The van der Waals surface area contributed by atoms with Crippen molar-refractivity contribution in [2.45, 2.75) is 31.8 Å². The smallest absolute Gasteiger partial charge is 0.253 e. The number of pyridine rings is 1. The van der Waals surface area contributed by atoms with Crippen LogP contribution in [0, 0.1) is 11.8 Å². The fourth-order valence-corrected chi connectivity index (χ4v) is 4.14. The van der Waals surface area contributed by atoms with Gasteiger partial charge in [-0.25, -0.2) is 4.98 Å². The van der Waals surface area contributed by atoms with Crippen LogP contribution in [0.3, 0.4) is 0 Å². The lowest BCUT2D eigenvalue weighted by Crippen LogP contribution is -2.40. The van der Waals surface area contributed by atoms with E-state index in [9.17, 15) is 9.59 Å². The Morgan fingerprint density at radius 2 is 2.08 bits per heavy atom. The van der Waals surface area contributed by atoms with Crippen LogP contribution in [0.15, 0.2) is 30.9 Å². The Kier molecular flexibility index (Phi) is 4.63. The van der Waals surface area contributed by atoms with E-state index in [1.165, 1.54) is 0 Å². The Bertz CT molecular complexity index is 810. The predicted molar refractivity (Wildman–Crippen MR) is 95.5 cm³/mol. The monoisotopic (exact) mass is 356 g/mol. The third-order valence-corrected chi connectivity index (χ3v) is 5.70. The van der Waals surface area contributed by atoms with Crippen molar-refractivity contribution in [2.75, 3.05) is 19.7 Å². The highest BCUT2D eigenvalue weighted by Crippen LogP contribution is 2.31. The second kappa shape index (κ2) is 7.07. The molecule has 0 bridgehead atoms. The topological polar surface area (TPSA) is 89.9 Å². The second-order valence-electron chi connectivity index (χ2n) is 7.32. The van der Waals surface area contributed by atoms with Crippen LogP contribution in [0.1, 0.15) is 36.0 Å². The Morgan fingerprint density at radius 1 is 1.27 bits per heavy atom. The molecule has 0 radical (unpaired) electrons. The summed E-state index contributed by atoms with van der Waals surface area (Å²) in [6.07, 6.45) is 8.75. The van der Waals surface area contributed by atoms with Crippen molar-refractivity contribution in [3.63, 3.8) is 0 Å². The number of nitrogens with zero attached hydrogens (tertiary/aromatic N) is 3. The molecule has 138 valence electrons. The highest BCUT2D eigenvalue weighted by molar-refractivity contribution is 5.95. The van der Waals surface area contributed by atoms with Gasteiger partial charge in [0.1, 0.15) is 0 Å². The van der Waals surface area contributed by atoms with Gasteiger partial charge in [-0.05, 0) is 43.7 Å². The summed E-state index contributed by atoms with van der Waals surface area (Å²) in [5.74, 6) is 0.132. The number of piperidine rings is 1. The van der Waals surface area contributed by atoms with E-state index in [0.29, 0.717) is 18.1 Å². The van der Waals surface area contributed by atoms with Gasteiger partial charge in [-0.15, -0.1) is 0 Å². The molecule has 26 heavy (non-hydrogen) atoms. The number of carbonyl (C=O) groups excluding carboxylic acids is 2. The van der Waals surface area contributed by atoms with Gasteiger partial charge in [-0.2, -0.15) is 0 Å². The van der Waals surface area contributed by atoms with Crippen molar-refractivity contribution in [2.24, 2.45) is 17.6 Å². The lowest BCUT2D eigenvalue weighted by atomic mass is 9.86. The summed E-state index contributed by atoms with van der Waals surface area (Å²) in [4.78, 5) is 30.3. The number of amides is 2. The zero-order valence-corrected chi connectivity index (χ0v) is 14.7. The van der Waals surface area contributed by atoms with Crippen molar-refractivity contribution in [3.8, 4) is 0 Å². The SMILES string of the molecule is NC(=O)[C@@H]1CCO[C@@H]1CC1CCN(C(=O)c2ccn3cncc3c2)CC1. The predicted octanol–water partition coefficient (Wildman–Crippen LogP) is 1.47. The number of fused-ring (bicyclic) bond motifs is 1. The van der Waals surface area contributed by atoms with Gasteiger partial charge in [-0.1, -0.05) is 0 Å². The number of aromatic nitrogens is 2. The van der Waals surface area contributed by atoms with E-state index in [0.717, 1.165) is 44.3 Å². The van der Waals surface area contributed by atoms with Gasteiger partial charge in [0.25, 0.3) is 5.91 Å². The highest BCUT2D eigenvalue weighted by Gasteiger charge is 2.35. The highest BCUT2D eigenvalue weighted by atomic mass is 16.5. The van der Waals surface area contributed by atoms with Crippen molar-refractivity contribution in [1.29, 1.82) is 0 Å². The van der Waals surface area contributed by atoms with Crippen LogP contribution in [-0.2, 0) is 9.53 Å². The molecule has 0 saturated carbocycles. The van der Waals surface area contributed by atoms with Crippen LogP contribution in [0.2, 0.25) is 0 Å². The van der Waals surface area contributed by atoms with Crippen LogP contribution in [0.25, 0.3) is 5.52 Å². The zero-order chi connectivity index (χ0) is 18.1. The third-order valence-electron chi connectivity index (χ3n) is 5.70. The van der Waals surface area contributed by atoms with E-state index in [1.807, 2.05) is 27.6 Å². The van der Waals surface area contributed by atoms with Gasteiger partial charge < -0.3 is 19.8 Å². The maximum Gasteiger partial charge on any atom is 0.253 e. The van der Waals surface area contributed by atoms with Crippen LogP contribution in [-0.4, -0.2) is 51.9 Å². The van der Waals surface area contributed by atoms with Crippen LogP contribution in [0.5, 0.6) is 0 Å². The molecule has 2 aromatic rings. The minimum Gasteiger partial charge on any atom is -0.377 e. The Labute approximate surface area is 152 Å².